The fraction of sp³-hybridized carbons (Fsp3) is 0.278. The van der Waals surface area contributed by atoms with Gasteiger partial charge in [0.15, 0.2) is 6.61 Å². The van der Waals surface area contributed by atoms with Gasteiger partial charge in [0.1, 0.15) is 5.75 Å². The van der Waals surface area contributed by atoms with Crippen LogP contribution in [0.25, 0.3) is 0 Å². The largest absolute Gasteiger partial charge is 0.483 e. The van der Waals surface area contributed by atoms with Gasteiger partial charge in [-0.25, -0.2) is 12.7 Å². The van der Waals surface area contributed by atoms with Crippen LogP contribution in [0.2, 0.25) is 5.02 Å². The quantitative estimate of drug-likeness (QED) is 0.813. The first kappa shape index (κ1) is 20.2. The molecule has 6 nitrogen and oxygen atoms in total. The molecule has 2 rings (SSSR count). The zero-order chi connectivity index (χ0) is 19.5. The third-order valence-electron chi connectivity index (χ3n) is 3.75. The molecule has 0 aromatic heterocycles. The standard InChI is InChI=1S/C18H21ClN2O4S/c1-12-9-14(19)5-7-16(12)20-18(22)11-25-17-8-6-15(10-13(17)2)26(23,24)21(3)4/h5-10H,11H2,1-4H3,(H,20,22). The molecule has 0 unspecified atom stereocenters. The molecule has 2 aromatic rings. The molecule has 0 spiro atoms. The van der Waals surface area contributed by atoms with E-state index in [1.54, 1.807) is 31.2 Å². The van der Waals surface area contributed by atoms with Crippen molar-refractivity contribution in [3.63, 3.8) is 0 Å². The maximum atomic E-state index is 12.1. The number of nitrogens with one attached hydrogen (secondary N) is 1. The number of hydrogen-bond donors (Lipinski definition) is 1. The Balaban J connectivity index is 2.04. The van der Waals surface area contributed by atoms with Crippen LogP contribution < -0.4 is 10.1 Å². The van der Waals surface area contributed by atoms with Gasteiger partial charge in [0.2, 0.25) is 10.0 Å². The zero-order valence-electron chi connectivity index (χ0n) is 15.0. The van der Waals surface area contributed by atoms with E-state index in [2.05, 4.69) is 5.32 Å². The minimum atomic E-state index is -3.51. The van der Waals surface area contributed by atoms with Crippen molar-refractivity contribution in [1.29, 1.82) is 0 Å². The maximum absolute atomic E-state index is 12.1. The van der Waals surface area contributed by atoms with Gasteiger partial charge in [-0.15, -0.1) is 0 Å². The van der Waals surface area contributed by atoms with Gasteiger partial charge in [-0.3, -0.25) is 4.79 Å². The second-order valence-electron chi connectivity index (χ2n) is 6.01. The third-order valence-corrected chi connectivity index (χ3v) is 5.79. The third kappa shape index (κ3) is 4.75. The molecule has 0 aliphatic rings. The van der Waals surface area contributed by atoms with Crippen molar-refractivity contribution in [2.75, 3.05) is 26.0 Å². The van der Waals surface area contributed by atoms with E-state index in [9.17, 15) is 13.2 Å². The molecule has 0 saturated heterocycles. The van der Waals surface area contributed by atoms with E-state index in [0.29, 0.717) is 22.0 Å². The van der Waals surface area contributed by atoms with Crippen molar-refractivity contribution < 1.29 is 17.9 Å². The summed E-state index contributed by atoms with van der Waals surface area (Å²) in [6.07, 6.45) is 0. The molecule has 2 aromatic carbocycles. The molecule has 0 fully saturated rings. The number of aryl methyl sites for hydroxylation is 2. The number of amides is 1. The lowest BCUT2D eigenvalue weighted by atomic mass is 10.2. The van der Waals surface area contributed by atoms with E-state index in [0.717, 1.165) is 9.87 Å². The Morgan fingerprint density at radius 1 is 1.12 bits per heavy atom. The summed E-state index contributed by atoms with van der Waals surface area (Å²) >= 11 is 5.89. The minimum Gasteiger partial charge on any atom is -0.483 e. The van der Waals surface area contributed by atoms with Gasteiger partial charge in [0, 0.05) is 24.8 Å². The van der Waals surface area contributed by atoms with Gasteiger partial charge < -0.3 is 10.1 Å². The van der Waals surface area contributed by atoms with E-state index in [-0.39, 0.29) is 17.4 Å². The van der Waals surface area contributed by atoms with Crippen molar-refractivity contribution >= 4 is 33.2 Å². The highest BCUT2D eigenvalue weighted by atomic mass is 35.5. The van der Waals surface area contributed by atoms with Crippen molar-refractivity contribution in [3.05, 3.63) is 52.5 Å². The molecule has 1 amide bonds. The highest BCUT2D eigenvalue weighted by molar-refractivity contribution is 7.89. The lowest BCUT2D eigenvalue weighted by Crippen LogP contribution is -2.22. The highest BCUT2D eigenvalue weighted by Crippen LogP contribution is 2.23. The second-order valence-corrected chi connectivity index (χ2v) is 8.60. The topological polar surface area (TPSA) is 75.7 Å². The summed E-state index contributed by atoms with van der Waals surface area (Å²) in [5, 5.41) is 3.35. The molecule has 0 aliphatic heterocycles. The molecule has 0 saturated carbocycles. The number of anilines is 1. The number of ether oxygens (including phenoxy) is 1. The van der Waals surface area contributed by atoms with Crippen molar-refractivity contribution in [1.82, 2.24) is 4.31 Å². The van der Waals surface area contributed by atoms with Gasteiger partial charge in [-0.1, -0.05) is 11.6 Å². The summed E-state index contributed by atoms with van der Waals surface area (Å²) in [7, 11) is -0.568. The summed E-state index contributed by atoms with van der Waals surface area (Å²) in [6, 6.07) is 9.70. The van der Waals surface area contributed by atoms with Crippen LogP contribution in [0.3, 0.4) is 0 Å². The normalized spacial score (nSPS) is 11.5. The number of nitrogens with zero attached hydrogens (tertiary/aromatic N) is 1. The lowest BCUT2D eigenvalue weighted by molar-refractivity contribution is -0.118. The van der Waals surface area contributed by atoms with Crippen molar-refractivity contribution in [3.8, 4) is 5.75 Å². The first-order valence-corrected chi connectivity index (χ1v) is 9.65. The molecule has 0 bridgehead atoms. The van der Waals surface area contributed by atoms with Gasteiger partial charge in [-0.05, 0) is 61.4 Å². The predicted molar refractivity (Wildman–Crippen MR) is 102 cm³/mol. The predicted octanol–water partition coefficient (Wildman–Crippen LogP) is 3.22. The number of hydrogen-bond acceptors (Lipinski definition) is 4. The van der Waals surface area contributed by atoms with E-state index >= 15 is 0 Å². The number of sulfonamides is 1. The average molecular weight is 397 g/mol. The Kier molecular flexibility index (Phi) is 6.28. The molecule has 0 aliphatic carbocycles. The Labute approximate surface area is 158 Å². The molecule has 26 heavy (non-hydrogen) atoms. The minimum absolute atomic E-state index is 0.175. The van der Waals surface area contributed by atoms with Crippen molar-refractivity contribution in [2.24, 2.45) is 0 Å². The fourth-order valence-corrected chi connectivity index (χ4v) is 3.47. The summed E-state index contributed by atoms with van der Waals surface area (Å²) in [5.41, 5.74) is 2.14. The SMILES string of the molecule is Cc1cc(Cl)ccc1NC(=O)COc1ccc(S(=O)(=O)N(C)C)cc1C. The Morgan fingerprint density at radius 3 is 2.38 bits per heavy atom. The number of carbonyl (C=O) groups is 1. The van der Waals surface area contributed by atoms with Crippen LogP contribution in [-0.2, 0) is 14.8 Å². The molecule has 0 heterocycles. The number of benzene rings is 2. The van der Waals surface area contributed by atoms with Crippen LogP contribution >= 0.6 is 11.6 Å². The Hall–Kier alpha value is -2.09. The first-order chi connectivity index (χ1) is 12.1. The Morgan fingerprint density at radius 2 is 1.81 bits per heavy atom. The number of rotatable bonds is 6. The van der Waals surface area contributed by atoms with E-state index in [4.69, 9.17) is 16.3 Å². The van der Waals surface area contributed by atoms with Crippen LogP contribution in [0.5, 0.6) is 5.75 Å². The van der Waals surface area contributed by atoms with E-state index < -0.39 is 10.0 Å². The Bertz CT molecular complexity index is 927. The smallest absolute Gasteiger partial charge is 0.262 e. The van der Waals surface area contributed by atoms with Gasteiger partial charge in [0.25, 0.3) is 5.91 Å². The second kappa shape index (κ2) is 8.07. The summed E-state index contributed by atoms with van der Waals surface area (Å²) in [4.78, 5) is 12.3. The zero-order valence-corrected chi connectivity index (χ0v) is 16.6. The fourth-order valence-electron chi connectivity index (χ4n) is 2.25. The van der Waals surface area contributed by atoms with Crippen LogP contribution in [0, 0.1) is 13.8 Å². The van der Waals surface area contributed by atoms with Crippen LogP contribution in [0.4, 0.5) is 5.69 Å². The average Bonchev–Trinajstić information content (AvgIpc) is 2.56. The van der Waals surface area contributed by atoms with Crippen LogP contribution in [-0.4, -0.2) is 39.3 Å². The molecule has 0 radical (unpaired) electrons. The van der Waals surface area contributed by atoms with Gasteiger partial charge in [0.05, 0.1) is 4.90 Å². The highest BCUT2D eigenvalue weighted by Gasteiger charge is 2.18. The molecule has 140 valence electrons. The van der Waals surface area contributed by atoms with Gasteiger partial charge in [-0.2, -0.15) is 0 Å². The lowest BCUT2D eigenvalue weighted by Gasteiger charge is -2.14. The number of halogens is 1. The summed E-state index contributed by atoms with van der Waals surface area (Å²) in [6.45, 7) is 3.38. The maximum Gasteiger partial charge on any atom is 0.262 e. The molecule has 0 atom stereocenters. The molecule has 8 heteroatoms. The first-order valence-electron chi connectivity index (χ1n) is 7.83. The molecular weight excluding hydrogens is 376 g/mol. The summed E-state index contributed by atoms with van der Waals surface area (Å²) in [5.74, 6) is 0.130. The van der Waals surface area contributed by atoms with Crippen molar-refractivity contribution in [2.45, 2.75) is 18.7 Å². The summed E-state index contributed by atoms with van der Waals surface area (Å²) < 4.78 is 30.9. The molecular formula is C18H21ClN2O4S. The van der Waals surface area contributed by atoms with Crippen LogP contribution in [0.1, 0.15) is 11.1 Å². The van der Waals surface area contributed by atoms with Crippen LogP contribution in [0.15, 0.2) is 41.3 Å². The van der Waals surface area contributed by atoms with E-state index in [1.807, 2.05) is 6.92 Å². The van der Waals surface area contributed by atoms with Gasteiger partial charge >= 0.3 is 0 Å². The molecule has 1 N–H and O–H groups in total. The monoisotopic (exact) mass is 396 g/mol. The van der Waals surface area contributed by atoms with E-state index in [1.165, 1.54) is 26.2 Å². The number of carbonyl (C=O) groups excluding carboxylic acids is 1.